The topological polar surface area (TPSA) is 53.1 Å². The van der Waals surface area contributed by atoms with Gasteiger partial charge < -0.3 is 14.7 Å². The molecule has 1 amide bonds. The molecule has 1 aliphatic heterocycles. The number of carbonyl (C=O) groups is 1. The standard InChI is InChI=1S/C18H19NO3/c1-19(15(12-20)13-8-4-2-5-9-13)18(21)17-16(22-17)14-10-6-3-7-11-14/h2-11,15-17,20H,12H2,1H3/t15-,16-,17?/m0/s1. The minimum Gasteiger partial charge on any atom is -0.394 e. The molecule has 0 radical (unpaired) electrons. The number of hydrogen-bond acceptors (Lipinski definition) is 3. The fraction of sp³-hybridized carbons (Fsp3) is 0.278. The zero-order valence-corrected chi connectivity index (χ0v) is 12.4. The van der Waals surface area contributed by atoms with Crippen LogP contribution in [0.2, 0.25) is 0 Å². The van der Waals surface area contributed by atoms with Crippen molar-refractivity contribution in [1.29, 1.82) is 0 Å². The molecular formula is C18H19NO3. The summed E-state index contributed by atoms with van der Waals surface area (Å²) in [7, 11) is 1.71. The molecule has 4 heteroatoms. The Bertz CT molecular complexity index is 629. The lowest BCUT2D eigenvalue weighted by molar-refractivity contribution is -0.134. The lowest BCUT2D eigenvalue weighted by atomic mass is 10.0. The van der Waals surface area contributed by atoms with E-state index in [9.17, 15) is 9.90 Å². The molecule has 22 heavy (non-hydrogen) atoms. The Morgan fingerprint density at radius 1 is 1.14 bits per heavy atom. The Balaban J connectivity index is 1.70. The number of hydrogen-bond donors (Lipinski definition) is 1. The Hall–Kier alpha value is -2.17. The lowest BCUT2D eigenvalue weighted by Crippen LogP contribution is -2.36. The van der Waals surface area contributed by atoms with Crippen molar-refractivity contribution < 1.29 is 14.6 Å². The predicted octanol–water partition coefficient (Wildman–Crippen LogP) is 2.32. The minimum absolute atomic E-state index is 0.100. The van der Waals surface area contributed by atoms with Crippen molar-refractivity contribution in [2.75, 3.05) is 13.7 Å². The van der Waals surface area contributed by atoms with Gasteiger partial charge in [0, 0.05) is 7.05 Å². The summed E-state index contributed by atoms with van der Waals surface area (Å²) in [6.45, 7) is -0.116. The summed E-state index contributed by atoms with van der Waals surface area (Å²) >= 11 is 0. The number of aliphatic hydroxyl groups excluding tert-OH is 1. The molecule has 0 bridgehead atoms. The molecule has 0 spiro atoms. The first-order valence-electron chi connectivity index (χ1n) is 7.35. The Kier molecular flexibility index (Phi) is 4.22. The molecular weight excluding hydrogens is 278 g/mol. The van der Waals surface area contributed by atoms with Gasteiger partial charge in [0.25, 0.3) is 5.91 Å². The van der Waals surface area contributed by atoms with Crippen LogP contribution in [0, 0.1) is 0 Å². The maximum atomic E-state index is 12.6. The van der Waals surface area contributed by atoms with Crippen molar-refractivity contribution in [2.45, 2.75) is 18.2 Å². The smallest absolute Gasteiger partial charge is 0.255 e. The Morgan fingerprint density at radius 3 is 2.32 bits per heavy atom. The van der Waals surface area contributed by atoms with Crippen LogP contribution in [0.15, 0.2) is 60.7 Å². The number of epoxide rings is 1. The molecule has 1 saturated heterocycles. The fourth-order valence-corrected chi connectivity index (χ4v) is 2.68. The molecule has 0 saturated carbocycles. The third kappa shape index (κ3) is 2.89. The molecule has 1 N–H and O–H groups in total. The molecule has 0 aromatic heterocycles. The lowest BCUT2D eigenvalue weighted by Gasteiger charge is -2.26. The maximum Gasteiger partial charge on any atom is 0.255 e. The molecule has 2 aromatic rings. The van der Waals surface area contributed by atoms with E-state index in [0.717, 1.165) is 11.1 Å². The zero-order chi connectivity index (χ0) is 15.5. The summed E-state index contributed by atoms with van der Waals surface area (Å²) in [5.41, 5.74) is 1.92. The maximum absolute atomic E-state index is 12.6. The first-order valence-corrected chi connectivity index (χ1v) is 7.35. The third-order valence-corrected chi connectivity index (χ3v) is 4.04. The zero-order valence-electron chi connectivity index (χ0n) is 12.4. The van der Waals surface area contributed by atoms with Crippen molar-refractivity contribution in [3.05, 3.63) is 71.8 Å². The quantitative estimate of drug-likeness (QED) is 0.862. The monoisotopic (exact) mass is 297 g/mol. The number of benzene rings is 2. The number of rotatable bonds is 5. The van der Waals surface area contributed by atoms with Crippen molar-refractivity contribution in [3.8, 4) is 0 Å². The number of aliphatic hydroxyl groups is 1. The van der Waals surface area contributed by atoms with Crippen LogP contribution in [0.5, 0.6) is 0 Å². The molecule has 2 aromatic carbocycles. The van der Waals surface area contributed by atoms with Crippen molar-refractivity contribution in [3.63, 3.8) is 0 Å². The van der Waals surface area contributed by atoms with E-state index < -0.39 is 6.10 Å². The van der Waals surface area contributed by atoms with Gasteiger partial charge in [-0.3, -0.25) is 4.79 Å². The first-order chi connectivity index (χ1) is 10.7. The molecule has 3 atom stereocenters. The number of likely N-dealkylation sites (N-methyl/N-ethyl adjacent to an activating group) is 1. The Morgan fingerprint density at radius 2 is 1.73 bits per heavy atom. The van der Waals surface area contributed by atoms with E-state index in [-0.39, 0.29) is 24.7 Å². The van der Waals surface area contributed by atoms with E-state index in [1.165, 1.54) is 0 Å². The van der Waals surface area contributed by atoms with E-state index in [4.69, 9.17) is 4.74 Å². The molecule has 1 heterocycles. The fourth-order valence-electron chi connectivity index (χ4n) is 2.68. The predicted molar refractivity (Wildman–Crippen MR) is 83.1 cm³/mol. The third-order valence-electron chi connectivity index (χ3n) is 4.04. The van der Waals surface area contributed by atoms with Crippen molar-refractivity contribution in [1.82, 2.24) is 4.90 Å². The van der Waals surface area contributed by atoms with Gasteiger partial charge in [-0.1, -0.05) is 60.7 Å². The number of nitrogens with zero attached hydrogens (tertiary/aromatic N) is 1. The minimum atomic E-state index is -0.454. The van der Waals surface area contributed by atoms with Crippen LogP contribution in [0.3, 0.4) is 0 Å². The van der Waals surface area contributed by atoms with Crippen LogP contribution < -0.4 is 0 Å². The highest BCUT2D eigenvalue weighted by atomic mass is 16.6. The van der Waals surface area contributed by atoms with E-state index in [1.54, 1.807) is 11.9 Å². The van der Waals surface area contributed by atoms with Gasteiger partial charge in [0.1, 0.15) is 6.10 Å². The van der Waals surface area contributed by atoms with Gasteiger partial charge in [0.15, 0.2) is 6.10 Å². The van der Waals surface area contributed by atoms with Gasteiger partial charge in [0.2, 0.25) is 0 Å². The molecule has 0 aliphatic carbocycles. The highest BCUT2D eigenvalue weighted by molar-refractivity contribution is 5.84. The summed E-state index contributed by atoms with van der Waals surface area (Å²) < 4.78 is 5.54. The highest BCUT2D eigenvalue weighted by Gasteiger charge is 2.48. The summed E-state index contributed by atoms with van der Waals surface area (Å²) in [6, 6.07) is 18.9. The van der Waals surface area contributed by atoms with E-state index in [1.807, 2.05) is 60.7 Å². The normalized spacial score (nSPS) is 21.2. The van der Waals surface area contributed by atoms with Crippen molar-refractivity contribution in [2.24, 2.45) is 0 Å². The average Bonchev–Trinajstić information content (AvgIpc) is 3.37. The van der Waals surface area contributed by atoms with Crippen LogP contribution >= 0.6 is 0 Å². The molecule has 3 rings (SSSR count). The van der Waals surface area contributed by atoms with Gasteiger partial charge >= 0.3 is 0 Å². The number of ether oxygens (including phenoxy) is 1. The second-order valence-corrected chi connectivity index (χ2v) is 5.45. The second kappa shape index (κ2) is 6.30. The average molecular weight is 297 g/mol. The van der Waals surface area contributed by atoms with Crippen molar-refractivity contribution >= 4 is 5.91 Å². The second-order valence-electron chi connectivity index (χ2n) is 5.45. The molecule has 1 aliphatic rings. The highest BCUT2D eigenvalue weighted by Crippen LogP contribution is 2.40. The van der Waals surface area contributed by atoms with Crippen LogP contribution in [-0.4, -0.2) is 35.7 Å². The number of amides is 1. The van der Waals surface area contributed by atoms with Gasteiger partial charge in [-0.2, -0.15) is 0 Å². The molecule has 1 fully saturated rings. The van der Waals surface area contributed by atoms with Crippen LogP contribution in [0.25, 0.3) is 0 Å². The van der Waals surface area contributed by atoms with Crippen LogP contribution in [-0.2, 0) is 9.53 Å². The van der Waals surface area contributed by atoms with E-state index in [2.05, 4.69) is 0 Å². The van der Waals surface area contributed by atoms with Gasteiger partial charge in [-0.25, -0.2) is 0 Å². The molecule has 114 valence electrons. The Labute approximate surface area is 130 Å². The van der Waals surface area contributed by atoms with Gasteiger partial charge in [-0.05, 0) is 11.1 Å². The van der Waals surface area contributed by atoms with Gasteiger partial charge in [-0.15, -0.1) is 0 Å². The summed E-state index contributed by atoms with van der Waals surface area (Å²) in [4.78, 5) is 14.1. The summed E-state index contributed by atoms with van der Waals surface area (Å²) in [5.74, 6) is -0.100. The van der Waals surface area contributed by atoms with E-state index >= 15 is 0 Å². The van der Waals surface area contributed by atoms with Gasteiger partial charge in [0.05, 0.1) is 12.6 Å². The van der Waals surface area contributed by atoms with Crippen LogP contribution in [0.1, 0.15) is 23.3 Å². The first kappa shape index (κ1) is 14.8. The SMILES string of the molecule is CN(C(=O)C1O[C@H]1c1ccccc1)[C@@H](CO)c1ccccc1. The van der Waals surface area contributed by atoms with Crippen LogP contribution in [0.4, 0.5) is 0 Å². The van der Waals surface area contributed by atoms with E-state index in [0.29, 0.717) is 0 Å². The molecule has 1 unspecified atom stereocenters. The number of carbonyl (C=O) groups excluding carboxylic acids is 1. The largest absolute Gasteiger partial charge is 0.394 e. The summed E-state index contributed by atoms with van der Waals surface area (Å²) in [5, 5.41) is 9.65. The summed E-state index contributed by atoms with van der Waals surface area (Å²) in [6.07, 6.45) is -0.628. The molecule has 4 nitrogen and oxygen atoms in total.